The van der Waals surface area contributed by atoms with E-state index in [1.165, 1.54) is 11.1 Å². The van der Waals surface area contributed by atoms with Crippen molar-refractivity contribution in [3.05, 3.63) is 29.3 Å². The van der Waals surface area contributed by atoms with E-state index in [0.29, 0.717) is 5.92 Å². The van der Waals surface area contributed by atoms with Gasteiger partial charge in [0.1, 0.15) is 5.75 Å². The number of benzene rings is 1. The number of hydrogen-bond donors (Lipinski definition) is 1. The van der Waals surface area contributed by atoms with Crippen LogP contribution in [0.25, 0.3) is 0 Å². The van der Waals surface area contributed by atoms with Gasteiger partial charge in [-0.3, -0.25) is 4.79 Å². The standard InChI is InChI=1S/C15H20O3/c1-3-10-8-13(18-2)7-6-11(10)4-5-12-9-14(12)15(16)17/h6-8,12,14H,3-5,9H2,1-2H3,(H,16,17). The van der Waals surface area contributed by atoms with Crippen LogP contribution in [-0.4, -0.2) is 18.2 Å². The molecule has 1 N–H and O–H groups in total. The van der Waals surface area contributed by atoms with Gasteiger partial charge >= 0.3 is 5.97 Å². The molecule has 3 heteroatoms. The van der Waals surface area contributed by atoms with E-state index in [1.54, 1.807) is 7.11 Å². The molecule has 1 fully saturated rings. The first-order chi connectivity index (χ1) is 8.65. The molecular formula is C15H20O3. The molecule has 0 bridgehead atoms. The van der Waals surface area contributed by atoms with Crippen LogP contribution >= 0.6 is 0 Å². The summed E-state index contributed by atoms with van der Waals surface area (Å²) in [6, 6.07) is 6.17. The Bertz CT molecular complexity index is 439. The van der Waals surface area contributed by atoms with Crippen molar-refractivity contribution >= 4 is 5.97 Å². The lowest BCUT2D eigenvalue weighted by Gasteiger charge is -2.09. The maximum atomic E-state index is 10.8. The third-order valence-electron chi connectivity index (χ3n) is 3.82. The van der Waals surface area contributed by atoms with Gasteiger partial charge in [-0.2, -0.15) is 0 Å². The minimum Gasteiger partial charge on any atom is -0.497 e. The van der Waals surface area contributed by atoms with E-state index in [2.05, 4.69) is 19.1 Å². The Morgan fingerprint density at radius 2 is 2.22 bits per heavy atom. The van der Waals surface area contributed by atoms with Crippen molar-refractivity contribution in [1.29, 1.82) is 0 Å². The lowest BCUT2D eigenvalue weighted by molar-refractivity contribution is -0.138. The smallest absolute Gasteiger partial charge is 0.306 e. The summed E-state index contributed by atoms with van der Waals surface area (Å²) in [5, 5.41) is 8.87. The van der Waals surface area contributed by atoms with Gasteiger partial charge in [0.2, 0.25) is 0 Å². The summed E-state index contributed by atoms with van der Waals surface area (Å²) in [6.07, 6.45) is 3.80. The number of carbonyl (C=O) groups is 1. The summed E-state index contributed by atoms with van der Waals surface area (Å²) in [6.45, 7) is 2.13. The Balaban J connectivity index is 1.95. The molecular weight excluding hydrogens is 228 g/mol. The second-order valence-electron chi connectivity index (χ2n) is 4.97. The van der Waals surface area contributed by atoms with Crippen LogP contribution in [0.2, 0.25) is 0 Å². The topological polar surface area (TPSA) is 46.5 Å². The van der Waals surface area contributed by atoms with Crippen LogP contribution in [0.1, 0.15) is 30.9 Å². The zero-order valence-corrected chi connectivity index (χ0v) is 11.0. The SMILES string of the molecule is CCc1cc(OC)ccc1CCC1CC1C(=O)O. The first-order valence-corrected chi connectivity index (χ1v) is 6.54. The van der Waals surface area contributed by atoms with Crippen LogP contribution in [0, 0.1) is 11.8 Å². The quantitative estimate of drug-likeness (QED) is 0.842. The highest BCUT2D eigenvalue weighted by Gasteiger charge is 2.42. The average Bonchev–Trinajstić information content (AvgIpc) is 3.15. The number of ether oxygens (including phenoxy) is 1. The van der Waals surface area contributed by atoms with Gasteiger partial charge in [0, 0.05) is 0 Å². The molecule has 0 amide bonds. The second-order valence-corrected chi connectivity index (χ2v) is 4.97. The molecule has 2 atom stereocenters. The monoisotopic (exact) mass is 248 g/mol. The molecule has 98 valence electrons. The van der Waals surface area contributed by atoms with Crippen LogP contribution in [0.15, 0.2) is 18.2 Å². The molecule has 0 saturated heterocycles. The Labute approximate surface area is 108 Å². The first kappa shape index (κ1) is 12.9. The molecule has 1 aliphatic rings. The van der Waals surface area contributed by atoms with Crippen molar-refractivity contribution in [3.8, 4) is 5.75 Å². The number of aryl methyl sites for hydroxylation is 2. The molecule has 1 aromatic rings. The van der Waals surface area contributed by atoms with Crippen LogP contribution < -0.4 is 4.74 Å². The van der Waals surface area contributed by atoms with E-state index >= 15 is 0 Å². The lowest BCUT2D eigenvalue weighted by Crippen LogP contribution is -2.01. The van der Waals surface area contributed by atoms with Crippen LogP contribution in [0.5, 0.6) is 5.75 Å². The average molecular weight is 248 g/mol. The summed E-state index contributed by atoms with van der Waals surface area (Å²) in [5.41, 5.74) is 2.64. The maximum Gasteiger partial charge on any atom is 0.306 e. The van der Waals surface area contributed by atoms with Gasteiger partial charge in [-0.15, -0.1) is 0 Å². The van der Waals surface area contributed by atoms with E-state index < -0.39 is 5.97 Å². The Hall–Kier alpha value is -1.51. The highest BCUT2D eigenvalue weighted by atomic mass is 16.5. The zero-order chi connectivity index (χ0) is 13.1. The fourth-order valence-electron chi connectivity index (χ4n) is 2.51. The first-order valence-electron chi connectivity index (χ1n) is 6.54. The lowest BCUT2D eigenvalue weighted by atomic mass is 9.99. The highest BCUT2D eigenvalue weighted by Crippen LogP contribution is 2.42. The van der Waals surface area contributed by atoms with Crippen molar-refractivity contribution in [3.63, 3.8) is 0 Å². The molecule has 3 nitrogen and oxygen atoms in total. The van der Waals surface area contributed by atoms with Gasteiger partial charge in [-0.05, 0) is 54.9 Å². The molecule has 0 aromatic heterocycles. The Kier molecular flexibility index (Phi) is 3.90. The van der Waals surface area contributed by atoms with Gasteiger partial charge in [-0.25, -0.2) is 0 Å². The summed E-state index contributed by atoms with van der Waals surface area (Å²) >= 11 is 0. The van der Waals surface area contributed by atoms with E-state index in [1.807, 2.05) is 6.07 Å². The van der Waals surface area contributed by atoms with Gasteiger partial charge in [0.05, 0.1) is 13.0 Å². The fraction of sp³-hybridized carbons (Fsp3) is 0.533. The van der Waals surface area contributed by atoms with Crippen molar-refractivity contribution < 1.29 is 14.6 Å². The number of hydrogen-bond acceptors (Lipinski definition) is 2. The van der Waals surface area contributed by atoms with Gasteiger partial charge in [0.25, 0.3) is 0 Å². The van der Waals surface area contributed by atoms with Crippen molar-refractivity contribution in [2.24, 2.45) is 11.8 Å². The molecule has 0 heterocycles. The third-order valence-corrected chi connectivity index (χ3v) is 3.82. The summed E-state index contributed by atoms with van der Waals surface area (Å²) in [5.74, 6) is 0.554. The second kappa shape index (κ2) is 5.42. The molecule has 18 heavy (non-hydrogen) atoms. The number of aliphatic carboxylic acids is 1. The molecule has 0 radical (unpaired) electrons. The summed E-state index contributed by atoms with van der Waals surface area (Å²) in [4.78, 5) is 10.8. The van der Waals surface area contributed by atoms with Crippen molar-refractivity contribution in [2.45, 2.75) is 32.6 Å². The van der Waals surface area contributed by atoms with E-state index in [-0.39, 0.29) is 5.92 Å². The minimum atomic E-state index is -0.634. The molecule has 1 aliphatic carbocycles. The predicted molar refractivity (Wildman–Crippen MR) is 69.9 cm³/mol. The van der Waals surface area contributed by atoms with E-state index in [4.69, 9.17) is 9.84 Å². The molecule has 1 saturated carbocycles. The Morgan fingerprint density at radius 1 is 1.44 bits per heavy atom. The highest BCUT2D eigenvalue weighted by molar-refractivity contribution is 5.73. The van der Waals surface area contributed by atoms with Crippen molar-refractivity contribution in [1.82, 2.24) is 0 Å². The fourth-order valence-corrected chi connectivity index (χ4v) is 2.51. The summed E-state index contributed by atoms with van der Waals surface area (Å²) < 4.78 is 5.22. The zero-order valence-electron chi connectivity index (χ0n) is 11.0. The van der Waals surface area contributed by atoms with E-state index in [0.717, 1.165) is 31.4 Å². The van der Waals surface area contributed by atoms with Gasteiger partial charge in [-0.1, -0.05) is 13.0 Å². The summed E-state index contributed by atoms with van der Waals surface area (Å²) in [7, 11) is 1.68. The minimum absolute atomic E-state index is 0.0895. The van der Waals surface area contributed by atoms with E-state index in [9.17, 15) is 4.79 Å². The number of methoxy groups -OCH3 is 1. The van der Waals surface area contributed by atoms with Gasteiger partial charge in [0.15, 0.2) is 0 Å². The number of rotatable bonds is 6. The molecule has 1 aromatic carbocycles. The predicted octanol–water partition coefficient (Wildman–Crippen LogP) is 2.91. The van der Waals surface area contributed by atoms with Gasteiger partial charge < -0.3 is 9.84 Å². The third kappa shape index (κ3) is 2.84. The number of carboxylic acid groups (broad SMARTS) is 1. The largest absolute Gasteiger partial charge is 0.497 e. The normalized spacial score (nSPS) is 21.7. The number of carboxylic acids is 1. The van der Waals surface area contributed by atoms with Crippen LogP contribution in [-0.2, 0) is 17.6 Å². The maximum absolute atomic E-state index is 10.8. The van der Waals surface area contributed by atoms with Crippen molar-refractivity contribution in [2.75, 3.05) is 7.11 Å². The Morgan fingerprint density at radius 3 is 2.78 bits per heavy atom. The van der Waals surface area contributed by atoms with Crippen LogP contribution in [0.3, 0.4) is 0 Å². The van der Waals surface area contributed by atoms with Crippen LogP contribution in [0.4, 0.5) is 0 Å². The molecule has 2 unspecified atom stereocenters. The molecule has 0 aliphatic heterocycles. The molecule has 2 rings (SSSR count). The molecule has 0 spiro atoms.